The zero-order valence-electron chi connectivity index (χ0n) is 10.8. The molecule has 1 saturated heterocycles. The normalized spacial score (nSPS) is 20.0. The Labute approximate surface area is 107 Å². The van der Waals surface area contributed by atoms with Crippen LogP contribution in [0.1, 0.15) is 23.3 Å². The summed E-state index contributed by atoms with van der Waals surface area (Å²) in [6, 6.07) is 3.51. The van der Waals surface area contributed by atoms with E-state index in [4.69, 9.17) is 0 Å². The summed E-state index contributed by atoms with van der Waals surface area (Å²) in [5, 5.41) is 2.66. The van der Waals surface area contributed by atoms with Crippen molar-refractivity contribution in [1.29, 1.82) is 0 Å². The minimum atomic E-state index is -0.154. The fourth-order valence-corrected chi connectivity index (χ4v) is 2.50. The average molecular weight is 249 g/mol. The van der Waals surface area contributed by atoms with Gasteiger partial charge in [-0.05, 0) is 31.5 Å². The van der Waals surface area contributed by atoms with Crippen LogP contribution in [0.15, 0.2) is 18.3 Å². The Balaban J connectivity index is 2.03. The molecule has 98 valence electrons. The molecule has 18 heavy (non-hydrogen) atoms. The summed E-state index contributed by atoms with van der Waals surface area (Å²) in [6.45, 7) is 1.13. The van der Waals surface area contributed by atoms with Crippen LogP contribution in [0.5, 0.6) is 0 Å². The Morgan fingerprint density at radius 3 is 2.89 bits per heavy atom. The largest absolute Gasteiger partial charge is 0.358 e. The van der Waals surface area contributed by atoms with Crippen molar-refractivity contribution >= 4 is 11.7 Å². The number of likely N-dealkylation sites (tertiary alicyclic amines) is 1. The zero-order chi connectivity index (χ0) is 13.1. The molecule has 1 N–H and O–H groups in total. The molecule has 5 heteroatoms. The molecule has 0 bridgehead atoms. The van der Waals surface area contributed by atoms with E-state index in [-0.39, 0.29) is 17.7 Å². The first-order valence-electron chi connectivity index (χ1n) is 6.23. The van der Waals surface area contributed by atoms with Crippen LogP contribution >= 0.6 is 0 Å². The lowest BCUT2D eigenvalue weighted by Crippen LogP contribution is -2.44. The number of nitrogens with zero attached hydrogens (tertiary/aromatic N) is 2. The van der Waals surface area contributed by atoms with Crippen LogP contribution in [0.3, 0.4) is 0 Å². The van der Waals surface area contributed by atoms with Crippen LogP contribution in [-0.2, 0) is 11.8 Å². The lowest BCUT2D eigenvalue weighted by Gasteiger charge is -2.22. The van der Waals surface area contributed by atoms with Crippen LogP contribution < -0.4 is 5.32 Å². The summed E-state index contributed by atoms with van der Waals surface area (Å²) < 4.78 is 1.81. The van der Waals surface area contributed by atoms with Gasteiger partial charge in [-0.3, -0.25) is 14.5 Å². The van der Waals surface area contributed by atoms with Gasteiger partial charge in [-0.2, -0.15) is 0 Å². The van der Waals surface area contributed by atoms with Gasteiger partial charge in [-0.15, -0.1) is 0 Å². The molecule has 0 saturated carbocycles. The Kier molecular flexibility index (Phi) is 3.81. The number of ketones is 1. The summed E-state index contributed by atoms with van der Waals surface area (Å²) in [7, 11) is 3.49. The molecule has 2 rings (SSSR count). The predicted molar refractivity (Wildman–Crippen MR) is 68.4 cm³/mol. The SMILES string of the molecule is CNC(=O)C1CCCN1CC(=O)c1cccn1C. The average Bonchev–Trinajstić information content (AvgIpc) is 2.97. The van der Waals surface area contributed by atoms with Gasteiger partial charge in [0.25, 0.3) is 0 Å². The molecule has 0 radical (unpaired) electrons. The minimum Gasteiger partial charge on any atom is -0.358 e. The van der Waals surface area contributed by atoms with E-state index in [9.17, 15) is 9.59 Å². The number of amides is 1. The molecule has 0 aromatic carbocycles. The first kappa shape index (κ1) is 12.8. The van der Waals surface area contributed by atoms with Crippen molar-refractivity contribution in [3.8, 4) is 0 Å². The summed E-state index contributed by atoms with van der Waals surface area (Å²) in [5.74, 6) is 0.0745. The molecule has 1 fully saturated rings. The summed E-state index contributed by atoms with van der Waals surface area (Å²) in [5.41, 5.74) is 0.692. The highest BCUT2D eigenvalue weighted by atomic mass is 16.2. The number of aryl methyl sites for hydroxylation is 1. The smallest absolute Gasteiger partial charge is 0.237 e. The third-order valence-corrected chi connectivity index (χ3v) is 3.49. The maximum absolute atomic E-state index is 12.1. The molecule has 1 aliphatic heterocycles. The quantitative estimate of drug-likeness (QED) is 0.787. The molecule has 1 aromatic heterocycles. The van der Waals surface area contributed by atoms with Gasteiger partial charge < -0.3 is 9.88 Å². The van der Waals surface area contributed by atoms with Crippen LogP contribution in [0.4, 0.5) is 0 Å². The molecule has 0 spiro atoms. The second-order valence-electron chi connectivity index (χ2n) is 4.67. The van der Waals surface area contributed by atoms with Crippen molar-refractivity contribution in [2.45, 2.75) is 18.9 Å². The van der Waals surface area contributed by atoms with Crippen LogP contribution in [0.2, 0.25) is 0 Å². The van der Waals surface area contributed by atoms with Gasteiger partial charge in [0, 0.05) is 20.3 Å². The third-order valence-electron chi connectivity index (χ3n) is 3.49. The summed E-state index contributed by atoms with van der Waals surface area (Å²) >= 11 is 0. The van der Waals surface area contributed by atoms with Gasteiger partial charge >= 0.3 is 0 Å². The molecule has 1 unspecified atom stereocenters. The maximum atomic E-state index is 12.1. The van der Waals surface area contributed by atoms with Crippen LogP contribution in [0, 0.1) is 0 Å². The highest BCUT2D eigenvalue weighted by Gasteiger charge is 2.31. The van der Waals surface area contributed by atoms with Gasteiger partial charge in [-0.25, -0.2) is 0 Å². The van der Waals surface area contributed by atoms with Crippen molar-refractivity contribution in [3.05, 3.63) is 24.0 Å². The predicted octanol–water partition coefficient (Wildman–Crippen LogP) is 0.418. The molecular weight excluding hydrogens is 230 g/mol. The summed E-state index contributed by atoms with van der Waals surface area (Å²) in [4.78, 5) is 25.8. The zero-order valence-corrected chi connectivity index (χ0v) is 10.8. The van der Waals surface area contributed by atoms with Crippen molar-refractivity contribution in [2.75, 3.05) is 20.1 Å². The topological polar surface area (TPSA) is 54.3 Å². The Bertz CT molecular complexity index is 453. The third kappa shape index (κ3) is 2.46. The van der Waals surface area contributed by atoms with Crippen LogP contribution in [0.25, 0.3) is 0 Å². The van der Waals surface area contributed by atoms with Crippen molar-refractivity contribution in [3.63, 3.8) is 0 Å². The number of carbonyl (C=O) groups is 2. The second-order valence-corrected chi connectivity index (χ2v) is 4.67. The minimum absolute atomic E-state index is 0.00665. The van der Waals surface area contributed by atoms with E-state index in [1.807, 2.05) is 34.8 Å². The fraction of sp³-hybridized carbons (Fsp3) is 0.538. The molecule has 1 amide bonds. The maximum Gasteiger partial charge on any atom is 0.237 e. The highest BCUT2D eigenvalue weighted by molar-refractivity contribution is 5.96. The summed E-state index contributed by atoms with van der Waals surface area (Å²) in [6.07, 6.45) is 3.66. The van der Waals surface area contributed by atoms with Crippen molar-refractivity contribution in [1.82, 2.24) is 14.8 Å². The number of likely N-dealkylation sites (N-methyl/N-ethyl adjacent to an activating group) is 1. The first-order valence-corrected chi connectivity index (χ1v) is 6.23. The number of hydrogen-bond acceptors (Lipinski definition) is 3. The Morgan fingerprint density at radius 1 is 1.50 bits per heavy atom. The molecular formula is C13H19N3O2. The number of nitrogens with one attached hydrogen (secondary N) is 1. The number of aromatic nitrogens is 1. The van der Waals surface area contributed by atoms with E-state index in [1.54, 1.807) is 7.05 Å². The Hall–Kier alpha value is -1.62. The molecule has 0 aliphatic carbocycles. The molecule has 2 heterocycles. The molecule has 1 aliphatic rings. The van der Waals surface area contributed by atoms with Gasteiger partial charge in [0.15, 0.2) is 5.78 Å². The fourth-order valence-electron chi connectivity index (χ4n) is 2.50. The number of Topliss-reactive ketones (excluding diaryl/α,β-unsaturated/α-hetero) is 1. The highest BCUT2D eigenvalue weighted by Crippen LogP contribution is 2.17. The monoisotopic (exact) mass is 249 g/mol. The molecule has 5 nitrogen and oxygen atoms in total. The van der Waals surface area contributed by atoms with E-state index in [1.165, 1.54) is 0 Å². The lowest BCUT2D eigenvalue weighted by molar-refractivity contribution is -0.124. The van der Waals surface area contributed by atoms with Gasteiger partial charge in [-0.1, -0.05) is 0 Å². The lowest BCUT2D eigenvalue weighted by atomic mass is 10.2. The van der Waals surface area contributed by atoms with E-state index in [0.717, 1.165) is 19.4 Å². The van der Waals surface area contributed by atoms with E-state index >= 15 is 0 Å². The van der Waals surface area contributed by atoms with Gasteiger partial charge in [0.1, 0.15) is 0 Å². The first-order chi connectivity index (χ1) is 8.63. The number of rotatable bonds is 4. The van der Waals surface area contributed by atoms with Crippen molar-refractivity contribution < 1.29 is 9.59 Å². The number of hydrogen-bond donors (Lipinski definition) is 1. The van der Waals surface area contributed by atoms with E-state index in [0.29, 0.717) is 12.2 Å². The number of carbonyl (C=O) groups excluding carboxylic acids is 2. The van der Waals surface area contributed by atoms with Gasteiger partial charge in [0.05, 0.1) is 18.3 Å². The van der Waals surface area contributed by atoms with E-state index in [2.05, 4.69) is 5.32 Å². The second kappa shape index (κ2) is 5.35. The standard InChI is InChI=1S/C13H19N3O2/c1-14-13(18)11-6-4-8-16(11)9-12(17)10-5-3-7-15(10)2/h3,5,7,11H,4,6,8-9H2,1-2H3,(H,14,18). The van der Waals surface area contributed by atoms with Crippen molar-refractivity contribution in [2.24, 2.45) is 7.05 Å². The Morgan fingerprint density at radius 2 is 2.28 bits per heavy atom. The van der Waals surface area contributed by atoms with E-state index < -0.39 is 0 Å². The molecule has 1 aromatic rings. The van der Waals surface area contributed by atoms with Gasteiger partial charge in [0.2, 0.25) is 5.91 Å². The molecule has 1 atom stereocenters. The van der Waals surface area contributed by atoms with Crippen LogP contribution in [-0.4, -0.2) is 47.3 Å².